The Morgan fingerprint density at radius 3 is 2.93 bits per heavy atom. The lowest BCUT2D eigenvalue weighted by Gasteiger charge is -2.12. The SMILES string of the molecule is CNc1ccnc(SC)c1OC1CC1. The molecular weight excluding hydrogens is 196 g/mol. The van der Waals surface area contributed by atoms with Crippen LogP contribution >= 0.6 is 11.8 Å². The molecule has 0 saturated heterocycles. The number of hydrogen-bond acceptors (Lipinski definition) is 4. The zero-order valence-corrected chi connectivity index (χ0v) is 9.23. The molecule has 1 aromatic heterocycles. The lowest BCUT2D eigenvalue weighted by molar-refractivity contribution is 0.295. The Balaban J connectivity index is 2.29. The van der Waals surface area contributed by atoms with Crippen LogP contribution in [0.4, 0.5) is 5.69 Å². The average molecular weight is 210 g/mol. The highest BCUT2D eigenvalue weighted by molar-refractivity contribution is 7.98. The summed E-state index contributed by atoms with van der Waals surface area (Å²) in [6.07, 6.45) is 6.58. The summed E-state index contributed by atoms with van der Waals surface area (Å²) in [5.74, 6) is 0.907. The summed E-state index contributed by atoms with van der Waals surface area (Å²) < 4.78 is 5.82. The summed E-state index contributed by atoms with van der Waals surface area (Å²) in [5.41, 5.74) is 1.02. The van der Waals surface area contributed by atoms with Gasteiger partial charge in [-0.05, 0) is 25.2 Å². The molecule has 1 fully saturated rings. The summed E-state index contributed by atoms with van der Waals surface area (Å²) in [5, 5.41) is 4.09. The molecule has 0 aliphatic heterocycles. The van der Waals surface area contributed by atoms with Crippen molar-refractivity contribution in [3.8, 4) is 5.75 Å². The van der Waals surface area contributed by atoms with Crippen LogP contribution in [0.3, 0.4) is 0 Å². The van der Waals surface area contributed by atoms with Gasteiger partial charge in [0.2, 0.25) is 0 Å². The van der Waals surface area contributed by atoms with Crippen molar-refractivity contribution in [2.45, 2.75) is 24.0 Å². The van der Waals surface area contributed by atoms with E-state index >= 15 is 0 Å². The molecule has 1 aromatic rings. The lowest BCUT2D eigenvalue weighted by Crippen LogP contribution is -2.02. The molecule has 0 atom stereocenters. The van der Waals surface area contributed by atoms with Gasteiger partial charge in [-0.2, -0.15) is 0 Å². The molecule has 0 amide bonds. The number of rotatable bonds is 4. The quantitative estimate of drug-likeness (QED) is 0.774. The maximum Gasteiger partial charge on any atom is 0.174 e. The molecule has 1 saturated carbocycles. The minimum atomic E-state index is 0.414. The predicted octanol–water partition coefficient (Wildman–Crippen LogP) is 2.39. The van der Waals surface area contributed by atoms with Crippen LogP contribution in [0.1, 0.15) is 12.8 Å². The predicted molar refractivity (Wildman–Crippen MR) is 59.2 cm³/mol. The lowest BCUT2D eigenvalue weighted by atomic mass is 10.4. The number of nitrogens with zero attached hydrogens (tertiary/aromatic N) is 1. The van der Waals surface area contributed by atoms with Crippen molar-refractivity contribution in [2.24, 2.45) is 0 Å². The van der Waals surface area contributed by atoms with E-state index in [1.165, 1.54) is 12.8 Å². The van der Waals surface area contributed by atoms with E-state index in [-0.39, 0.29) is 0 Å². The van der Waals surface area contributed by atoms with Crippen molar-refractivity contribution >= 4 is 17.4 Å². The summed E-state index contributed by atoms with van der Waals surface area (Å²) in [4.78, 5) is 4.28. The van der Waals surface area contributed by atoms with Gasteiger partial charge in [0.15, 0.2) is 5.75 Å². The molecule has 0 bridgehead atoms. The highest BCUT2D eigenvalue weighted by Gasteiger charge is 2.26. The van der Waals surface area contributed by atoms with Crippen LogP contribution < -0.4 is 10.1 Å². The Kier molecular flexibility index (Phi) is 2.82. The second-order valence-electron chi connectivity index (χ2n) is 3.26. The monoisotopic (exact) mass is 210 g/mol. The zero-order valence-electron chi connectivity index (χ0n) is 8.41. The number of aromatic nitrogens is 1. The molecule has 0 unspecified atom stereocenters. The smallest absolute Gasteiger partial charge is 0.174 e. The van der Waals surface area contributed by atoms with E-state index in [1.54, 1.807) is 18.0 Å². The van der Waals surface area contributed by atoms with Crippen LogP contribution in [0.25, 0.3) is 0 Å². The van der Waals surface area contributed by atoms with Gasteiger partial charge in [0.1, 0.15) is 5.03 Å². The fraction of sp³-hybridized carbons (Fsp3) is 0.500. The summed E-state index contributed by atoms with van der Waals surface area (Å²) in [6, 6.07) is 1.94. The molecule has 1 aliphatic rings. The van der Waals surface area contributed by atoms with Crippen LogP contribution in [0.15, 0.2) is 17.3 Å². The zero-order chi connectivity index (χ0) is 9.97. The van der Waals surface area contributed by atoms with Gasteiger partial charge in [0, 0.05) is 13.2 Å². The summed E-state index contributed by atoms with van der Waals surface area (Å²) in [7, 11) is 1.90. The largest absolute Gasteiger partial charge is 0.485 e. The molecular formula is C10H14N2OS. The minimum Gasteiger partial charge on any atom is -0.485 e. The van der Waals surface area contributed by atoms with Gasteiger partial charge in [0.05, 0.1) is 11.8 Å². The first-order valence-electron chi connectivity index (χ1n) is 4.72. The van der Waals surface area contributed by atoms with Crippen molar-refractivity contribution in [1.29, 1.82) is 0 Å². The summed E-state index contributed by atoms with van der Waals surface area (Å²) >= 11 is 1.62. The fourth-order valence-corrected chi connectivity index (χ4v) is 1.75. The van der Waals surface area contributed by atoms with Crippen LogP contribution in [-0.2, 0) is 0 Å². The van der Waals surface area contributed by atoms with Crippen LogP contribution in [0, 0.1) is 0 Å². The highest BCUT2D eigenvalue weighted by atomic mass is 32.2. The number of hydrogen-bond donors (Lipinski definition) is 1. The van der Waals surface area contributed by atoms with Gasteiger partial charge in [-0.15, -0.1) is 11.8 Å². The van der Waals surface area contributed by atoms with Crippen molar-refractivity contribution in [1.82, 2.24) is 4.98 Å². The standard InChI is InChI=1S/C10H14N2OS/c1-11-8-5-6-12-10(14-2)9(8)13-7-3-4-7/h5-7H,3-4H2,1-2H3,(H,11,12). The molecule has 0 spiro atoms. The number of ether oxygens (including phenoxy) is 1. The molecule has 76 valence electrons. The second-order valence-corrected chi connectivity index (χ2v) is 4.06. The molecule has 4 heteroatoms. The molecule has 1 N–H and O–H groups in total. The first kappa shape index (κ1) is 9.65. The molecule has 0 aromatic carbocycles. The van der Waals surface area contributed by atoms with E-state index in [0.29, 0.717) is 6.10 Å². The van der Waals surface area contributed by atoms with E-state index in [4.69, 9.17) is 4.74 Å². The maximum absolute atomic E-state index is 5.82. The van der Waals surface area contributed by atoms with Crippen LogP contribution in [0.5, 0.6) is 5.75 Å². The second kappa shape index (κ2) is 4.09. The van der Waals surface area contributed by atoms with Gasteiger partial charge in [-0.1, -0.05) is 0 Å². The Hall–Kier alpha value is -0.900. The minimum absolute atomic E-state index is 0.414. The normalized spacial score (nSPS) is 15.3. The van der Waals surface area contributed by atoms with E-state index < -0.39 is 0 Å². The van der Waals surface area contributed by atoms with E-state index in [1.807, 2.05) is 19.4 Å². The third kappa shape index (κ3) is 1.95. The Morgan fingerprint density at radius 2 is 2.36 bits per heavy atom. The van der Waals surface area contributed by atoms with Gasteiger partial charge in [0.25, 0.3) is 0 Å². The van der Waals surface area contributed by atoms with Gasteiger partial charge >= 0.3 is 0 Å². The molecule has 2 rings (SSSR count). The number of pyridine rings is 1. The number of nitrogens with one attached hydrogen (secondary N) is 1. The van der Waals surface area contributed by atoms with E-state index in [9.17, 15) is 0 Å². The topological polar surface area (TPSA) is 34.2 Å². The molecule has 3 nitrogen and oxygen atoms in total. The molecule has 1 heterocycles. The van der Waals surface area contributed by atoms with Crippen LogP contribution in [-0.4, -0.2) is 24.4 Å². The van der Waals surface area contributed by atoms with E-state index in [0.717, 1.165) is 16.5 Å². The van der Waals surface area contributed by atoms with Gasteiger partial charge in [-0.25, -0.2) is 4.98 Å². The first-order chi connectivity index (χ1) is 6.85. The van der Waals surface area contributed by atoms with Crippen molar-refractivity contribution in [3.63, 3.8) is 0 Å². The van der Waals surface area contributed by atoms with Crippen LogP contribution in [0.2, 0.25) is 0 Å². The van der Waals surface area contributed by atoms with Crippen molar-refractivity contribution < 1.29 is 4.74 Å². The third-order valence-corrected chi connectivity index (χ3v) is 2.82. The maximum atomic E-state index is 5.82. The van der Waals surface area contributed by atoms with Crippen molar-refractivity contribution in [3.05, 3.63) is 12.3 Å². The first-order valence-corrected chi connectivity index (χ1v) is 5.95. The molecule has 1 aliphatic carbocycles. The highest BCUT2D eigenvalue weighted by Crippen LogP contribution is 2.37. The molecule has 0 radical (unpaired) electrons. The molecule has 14 heavy (non-hydrogen) atoms. The Labute approximate surface area is 88.3 Å². The van der Waals surface area contributed by atoms with Gasteiger partial charge in [-0.3, -0.25) is 0 Å². The average Bonchev–Trinajstić information content (AvgIpc) is 3.02. The Bertz CT molecular complexity index is 304. The summed E-state index contributed by atoms with van der Waals surface area (Å²) in [6.45, 7) is 0. The Morgan fingerprint density at radius 1 is 1.57 bits per heavy atom. The number of anilines is 1. The van der Waals surface area contributed by atoms with E-state index in [2.05, 4.69) is 10.3 Å². The third-order valence-electron chi connectivity index (χ3n) is 2.14. The fourth-order valence-electron chi connectivity index (χ4n) is 1.24. The van der Waals surface area contributed by atoms with Crippen molar-refractivity contribution in [2.75, 3.05) is 18.6 Å². The number of thioether (sulfide) groups is 1. The van der Waals surface area contributed by atoms with Gasteiger partial charge < -0.3 is 10.1 Å².